The van der Waals surface area contributed by atoms with Crippen molar-refractivity contribution < 1.29 is 19.1 Å². The maximum atomic E-state index is 12.7. The van der Waals surface area contributed by atoms with Gasteiger partial charge < -0.3 is 14.3 Å². The van der Waals surface area contributed by atoms with Crippen molar-refractivity contribution in [2.45, 2.75) is 50.9 Å². The maximum Gasteiger partial charge on any atom is 0.416 e. The third kappa shape index (κ3) is 4.46. The molecule has 1 atom stereocenters. The average Bonchev–Trinajstić information content (AvgIpc) is 3.15. The molecule has 1 aromatic carbocycles. The fourth-order valence-corrected chi connectivity index (χ4v) is 3.96. The highest BCUT2D eigenvalue weighted by Gasteiger charge is 2.52. The normalized spacial score (nSPS) is 19.5. The molecule has 2 heterocycles. The van der Waals surface area contributed by atoms with Crippen LogP contribution in [0.2, 0.25) is 0 Å². The number of cyclic esters (lactones) is 1. The van der Waals surface area contributed by atoms with Crippen molar-refractivity contribution in [1.82, 2.24) is 10.2 Å². The Bertz CT molecular complexity index is 1010. The first-order valence-corrected chi connectivity index (χ1v) is 10.8. The molecule has 1 saturated heterocycles. The van der Waals surface area contributed by atoms with E-state index in [1.54, 1.807) is 20.8 Å². The molecule has 1 unspecified atom stereocenters. The van der Waals surface area contributed by atoms with E-state index in [1.165, 1.54) is 26.6 Å². The number of amides is 2. The third-order valence-electron chi connectivity index (χ3n) is 5.11. The van der Waals surface area contributed by atoms with Gasteiger partial charge in [-0.3, -0.25) is 4.90 Å². The number of carbonyl (C=O) groups excluding carboxylic acids is 2. The molecule has 9 nitrogen and oxygen atoms in total. The summed E-state index contributed by atoms with van der Waals surface area (Å²) in [6.45, 7) is 13.1. The van der Waals surface area contributed by atoms with E-state index in [4.69, 9.17) is 16.0 Å². The predicted octanol–water partition coefficient (Wildman–Crippen LogP) is 4.21. The van der Waals surface area contributed by atoms with Crippen molar-refractivity contribution in [2.24, 2.45) is 0 Å². The van der Waals surface area contributed by atoms with Gasteiger partial charge in [-0.25, -0.2) is 21.1 Å². The Morgan fingerprint density at radius 2 is 2.10 bits per heavy atom. The lowest BCUT2D eigenvalue weighted by Gasteiger charge is -2.26. The Kier molecular flexibility index (Phi) is 5.31. The third-order valence-corrected chi connectivity index (χ3v) is 5.82. The highest BCUT2D eigenvalue weighted by atomic mass is 32.1. The van der Waals surface area contributed by atoms with Gasteiger partial charge in [0.15, 0.2) is 0 Å². The van der Waals surface area contributed by atoms with Crippen LogP contribution in [0.1, 0.15) is 39.2 Å². The van der Waals surface area contributed by atoms with Crippen LogP contribution in [0.3, 0.4) is 0 Å². The highest BCUT2D eigenvalue weighted by Crippen LogP contribution is 2.49. The Labute approximate surface area is 184 Å². The van der Waals surface area contributed by atoms with Crippen LogP contribution in [0.15, 0.2) is 29.8 Å². The number of nitrogens with zero attached hydrogens (tertiary/aromatic N) is 5. The zero-order valence-electron chi connectivity index (χ0n) is 17.6. The van der Waals surface area contributed by atoms with Crippen molar-refractivity contribution in [1.29, 1.82) is 0 Å². The zero-order chi connectivity index (χ0) is 22.2. The monoisotopic (exact) mass is 441 g/mol. The van der Waals surface area contributed by atoms with E-state index in [2.05, 4.69) is 15.0 Å². The summed E-state index contributed by atoms with van der Waals surface area (Å²) in [7, 11) is 0. The van der Waals surface area contributed by atoms with Gasteiger partial charge in [0.1, 0.15) is 17.2 Å². The standard InChI is InChI=1S/C21H23N5O4S/c1-20(2,3)30-19(28)26(17-24-23-13-31-17)12-16-11-25(18(27)29-16)15-7-5-14(6-8-15)21(22-4)9-10-21/h5-8,13,16H,9-12H2,1-3H3. The summed E-state index contributed by atoms with van der Waals surface area (Å²) in [5, 5.41) is 8.14. The molecule has 1 aliphatic carbocycles. The fraction of sp³-hybridized carbons (Fsp3) is 0.476. The molecule has 1 aromatic heterocycles. The Hall–Kier alpha value is -3.19. The number of carbonyl (C=O) groups is 2. The van der Waals surface area contributed by atoms with Gasteiger partial charge >= 0.3 is 12.2 Å². The van der Waals surface area contributed by atoms with E-state index in [1.807, 2.05) is 24.3 Å². The van der Waals surface area contributed by atoms with Gasteiger partial charge in [-0.15, -0.1) is 10.2 Å². The smallest absolute Gasteiger partial charge is 0.416 e. The van der Waals surface area contributed by atoms with Gasteiger partial charge in [0.25, 0.3) is 5.54 Å². The molecule has 31 heavy (non-hydrogen) atoms. The molecular weight excluding hydrogens is 418 g/mol. The molecule has 2 aliphatic rings. The quantitative estimate of drug-likeness (QED) is 0.646. The minimum absolute atomic E-state index is 0.102. The molecule has 10 heteroatoms. The van der Waals surface area contributed by atoms with Crippen molar-refractivity contribution in [3.8, 4) is 0 Å². The molecule has 0 N–H and O–H groups in total. The number of hydrogen-bond acceptors (Lipinski definition) is 7. The zero-order valence-corrected chi connectivity index (χ0v) is 18.4. The first kappa shape index (κ1) is 21.1. The molecule has 4 rings (SSSR count). The topological polar surface area (TPSA) is 89.2 Å². The second-order valence-corrected chi connectivity index (χ2v) is 9.43. The van der Waals surface area contributed by atoms with Crippen LogP contribution < -0.4 is 9.80 Å². The number of benzene rings is 1. The SMILES string of the molecule is [C-]#[N+]C1(c2ccc(N3CC(CN(C(=O)OC(C)(C)C)c4nncs4)OC3=O)cc2)CC1. The van der Waals surface area contributed by atoms with Gasteiger partial charge in [0.05, 0.1) is 13.1 Å². The average molecular weight is 442 g/mol. The van der Waals surface area contributed by atoms with Gasteiger partial charge in [0.2, 0.25) is 5.13 Å². The van der Waals surface area contributed by atoms with Crippen LogP contribution in [0.25, 0.3) is 4.85 Å². The Balaban J connectivity index is 1.46. The summed E-state index contributed by atoms with van der Waals surface area (Å²) in [5.74, 6) is 0. The van der Waals surface area contributed by atoms with Crippen LogP contribution in [-0.4, -0.2) is 47.2 Å². The minimum Gasteiger partial charge on any atom is -0.443 e. The highest BCUT2D eigenvalue weighted by molar-refractivity contribution is 7.13. The molecule has 2 aromatic rings. The van der Waals surface area contributed by atoms with Crippen molar-refractivity contribution >= 4 is 34.3 Å². The van der Waals surface area contributed by atoms with Crippen LogP contribution in [0, 0.1) is 6.57 Å². The number of aromatic nitrogens is 2. The lowest BCUT2D eigenvalue weighted by molar-refractivity contribution is 0.0558. The van der Waals surface area contributed by atoms with Crippen LogP contribution in [0.4, 0.5) is 20.4 Å². The summed E-state index contributed by atoms with van der Waals surface area (Å²) in [4.78, 5) is 31.8. The summed E-state index contributed by atoms with van der Waals surface area (Å²) in [6, 6.07) is 7.46. The van der Waals surface area contributed by atoms with Gasteiger partial charge in [-0.05, 0) is 45.0 Å². The molecule has 1 aliphatic heterocycles. The molecule has 0 spiro atoms. The molecule has 0 bridgehead atoms. The Morgan fingerprint density at radius 1 is 1.39 bits per heavy atom. The van der Waals surface area contributed by atoms with E-state index in [0.29, 0.717) is 10.8 Å². The fourth-order valence-electron chi connectivity index (χ4n) is 3.40. The first-order chi connectivity index (χ1) is 14.7. The number of anilines is 2. The van der Waals surface area contributed by atoms with Crippen LogP contribution in [0.5, 0.6) is 0 Å². The van der Waals surface area contributed by atoms with Crippen molar-refractivity contribution in [3.63, 3.8) is 0 Å². The number of hydrogen-bond donors (Lipinski definition) is 0. The lowest BCUT2D eigenvalue weighted by Crippen LogP contribution is -2.42. The van der Waals surface area contributed by atoms with Gasteiger partial charge in [-0.1, -0.05) is 11.3 Å². The largest absolute Gasteiger partial charge is 0.443 e. The Morgan fingerprint density at radius 3 is 2.65 bits per heavy atom. The minimum atomic E-state index is -0.676. The summed E-state index contributed by atoms with van der Waals surface area (Å²) < 4.78 is 11.0. The van der Waals surface area contributed by atoms with E-state index < -0.39 is 23.9 Å². The van der Waals surface area contributed by atoms with E-state index in [9.17, 15) is 9.59 Å². The molecule has 162 valence electrons. The second kappa shape index (κ2) is 7.81. The summed E-state index contributed by atoms with van der Waals surface area (Å²) in [6.07, 6.45) is 0.134. The molecule has 2 amide bonds. The number of ether oxygens (including phenoxy) is 2. The van der Waals surface area contributed by atoms with Crippen molar-refractivity contribution in [3.05, 3.63) is 46.8 Å². The van der Waals surface area contributed by atoms with Crippen LogP contribution in [-0.2, 0) is 15.0 Å². The molecule has 0 radical (unpaired) electrons. The summed E-state index contributed by atoms with van der Waals surface area (Å²) in [5.41, 5.74) is 2.13. The predicted molar refractivity (Wildman–Crippen MR) is 115 cm³/mol. The van der Waals surface area contributed by atoms with Crippen LogP contribution >= 0.6 is 11.3 Å². The van der Waals surface area contributed by atoms with Crippen molar-refractivity contribution in [2.75, 3.05) is 22.9 Å². The van der Waals surface area contributed by atoms with Gasteiger partial charge in [-0.2, -0.15) is 0 Å². The maximum absolute atomic E-state index is 12.7. The lowest BCUT2D eigenvalue weighted by atomic mass is 10.1. The molecular formula is C21H23N5O4S. The molecule has 1 saturated carbocycles. The number of rotatable bonds is 5. The van der Waals surface area contributed by atoms with Gasteiger partial charge in [0, 0.05) is 24.1 Å². The van der Waals surface area contributed by atoms with E-state index in [-0.39, 0.29) is 18.6 Å². The second-order valence-electron chi connectivity index (χ2n) is 8.62. The molecule has 2 fully saturated rings. The first-order valence-electron chi connectivity index (χ1n) is 9.95. The van der Waals surface area contributed by atoms with E-state index >= 15 is 0 Å². The summed E-state index contributed by atoms with van der Waals surface area (Å²) >= 11 is 1.20. The van der Waals surface area contributed by atoms with E-state index in [0.717, 1.165) is 18.4 Å².